The Kier molecular flexibility index (Phi) is 4.05. The topological polar surface area (TPSA) is 96.3 Å². The number of aromatic nitrogens is 1. The van der Waals surface area contributed by atoms with Gasteiger partial charge < -0.3 is 24.8 Å². The van der Waals surface area contributed by atoms with Crippen LogP contribution >= 0.6 is 0 Å². The largest absolute Gasteiger partial charge is 0.511 e. The average Bonchev–Trinajstić information content (AvgIpc) is 3.10. The first-order valence-corrected chi connectivity index (χ1v) is 9.59. The molecule has 4 heterocycles. The van der Waals surface area contributed by atoms with Crippen LogP contribution in [0.1, 0.15) is 12.8 Å². The lowest BCUT2D eigenvalue weighted by molar-refractivity contribution is 0.143. The molecule has 0 spiro atoms. The Morgan fingerprint density at radius 3 is 3.00 bits per heavy atom. The van der Waals surface area contributed by atoms with Crippen LogP contribution in [0, 0.1) is 11.7 Å². The molecule has 29 heavy (non-hydrogen) atoms. The third kappa shape index (κ3) is 2.78. The van der Waals surface area contributed by atoms with E-state index in [1.54, 1.807) is 16.7 Å². The number of carbonyl (C=O) groups is 1. The summed E-state index contributed by atoms with van der Waals surface area (Å²) in [5, 5.41) is 14.1. The fraction of sp³-hybridized carbons (Fsp3) is 0.474. The van der Waals surface area contributed by atoms with Gasteiger partial charge in [0.1, 0.15) is 11.2 Å². The second kappa shape index (κ2) is 6.51. The van der Waals surface area contributed by atoms with Crippen LogP contribution in [0.25, 0.3) is 10.9 Å². The van der Waals surface area contributed by atoms with E-state index in [1.807, 2.05) is 4.90 Å². The molecular weight excluding hydrogens is 383 g/mol. The minimum absolute atomic E-state index is 0.0151. The number of nitrogens with one attached hydrogen (secondary N) is 1. The zero-order valence-corrected chi connectivity index (χ0v) is 15.9. The lowest BCUT2D eigenvalue weighted by atomic mass is 9.94. The number of anilines is 1. The minimum Gasteiger partial charge on any atom is -0.467 e. The van der Waals surface area contributed by atoms with E-state index in [1.165, 1.54) is 6.20 Å². The first kappa shape index (κ1) is 18.0. The Balaban J connectivity index is 1.69. The van der Waals surface area contributed by atoms with Gasteiger partial charge in [-0.15, -0.1) is 0 Å². The van der Waals surface area contributed by atoms with Gasteiger partial charge in [-0.2, -0.15) is 0 Å². The van der Waals surface area contributed by atoms with Gasteiger partial charge in [0, 0.05) is 26.2 Å². The van der Waals surface area contributed by atoms with Crippen molar-refractivity contribution in [3.05, 3.63) is 28.3 Å². The van der Waals surface area contributed by atoms with Gasteiger partial charge >= 0.3 is 6.16 Å². The van der Waals surface area contributed by atoms with Gasteiger partial charge in [0.2, 0.25) is 11.2 Å². The molecular formula is C19H21FN4O5. The molecule has 0 bridgehead atoms. The van der Waals surface area contributed by atoms with Crippen molar-refractivity contribution in [1.82, 2.24) is 9.99 Å². The number of benzene rings is 1. The van der Waals surface area contributed by atoms with E-state index in [2.05, 4.69) is 10.1 Å². The predicted octanol–water partition coefficient (Wildman–Crippen LogP) is 1.30. The Labute approximate surface area is 165 Å². The highest BCUT2D eigenvalue weighted by Gasteiger charge is 2.38. The molecule has 3 aliphatic heterocycles. The summed E-state index contributed by atoms with van der Waals surface area (Å²) in [6.07, 6.45) is 1.91. The van der Waals surface area contributed by atoms with Crippen LogP contribution in [0.2, 0.25) is 0 Å². The normalized spacial score (nSPS) is 23.1. The maximum Gasteiger partial charge on any atom is 0.511 e. The second-order valence-electron chi connectivity index (χ2n) is 7.77. The first-order chi connectivity index (χ1) is 13.9. The fourth-order valence-electron chi connectivity index (χ4n) is 4.69. The summed E-state index contributed by atoms with van der Waals surface area (Å²) in [6.45, 7) is 2.47. The minimum atomic E-state index is -1.60. The smallest absolute Gasteiger partial charge is 0.467 e. The summed E-state index contributed by atoms with van der Waals surface area (Å²) in [4.78, 5) is 25.7. The molecule has 2 fully saturated rings. The number of halogens is 1. The summed E-state index contributed by atoms with van der Waals surface area (Å²) in [7, 11) is 1.72. The van der Waals surface area contributed by atoms with Crippen molar-refractivity contribution in [2.45, 2.75) is 18.9 Å². The van der Waals surface area contributed by atoms with Crippen LogP contribution < -0.4 is 30.1 Å². The van der Waals surface area contributed by atoms with Gasteiger partial charge in [-0.25, -0.2) is 9.18 Å². The summed E-state index contributed by atoms with van der Waals surface area (Å²) >= 11 is 0. The molecule has 0 amide bonds. The number of hydrogen-bond acceptors (Lipinski definition) is 7. The molecule has 0 saturated carbocycles. The van der Waals surface area contributed by atoms with Crippen LogP contribution in [0.5, 0.6) is 11.5 Å². The lowest BCUT2D eigenvalue weighted by Gasteiger charge is -2.33. The third-order valence-electron chi connectivity index (χ3n) is 6.00. The predicted molar refractivity (Wildman–Crippen MR) is 103 cm³/mol. The summed E-state index contributed by atoms with van der Waals surface area (Å²) in [5.41, 5.74) is 0.0589. The van der Waals surface area contributed by atoms with E-state index in [-0.39, 0.29) is 17.9 Å². The molecule has 2 N–H and O–H groups in total. The maximum atomic E-state index is 15.3. The number of fused-ring (bicyclic) bond motifs is 1. The monoisotopic (exact) mass is 404 g/mol. The van der Waals surface area contributed by atoms with Crippen molar-refractivity contribution in [2.24, 2.45) is 5.92 Å². The molecule has 1 aromatic heterocycles. The standard InChI is InChI=1S/C19H21FN4O5/c1-22-9-28-18-15-11(17(25)14(8-24(15)22)29-19(26)27)5-12(20)16(18)23-6-10-3-2-4-21-13(10)7-23/h5,8,10,13,21H,2-4,6-7,9H2,1H3,(H,26,27). The van der Waals surface area contributed by atoms with E-state index in [0.29, 0.717) is 35.5 Å². The van der Waals surface area contributed by atoms with Crippen molar-refractivity contribution in [2.75, 3.05) is 43.3 Å². The first-order valence-electron chi connectivity index (χ1n) is 9.59. The molecule has 0 aliphatic carbocycles. The van der Waals surface area contributed by atoms with Gasteiger partial charge in [0.25, 0.3) is 0 Å². The van der Waals surface area contributed by atoms with Crippen LogP contribution in [-0.4, -0.2) is 55.4 Å². The molecule has 9 nitrogen and oxygen atoms in total. The molecule has 3 aliphatic rings. The number of nitrogens with zero attached hydrogens (tertiary/aromatic N) is 3. The highest BCUT2D eigenvalue weighted by molar-refractivity contribution is 5.93. The molecule has 10 heteroatoms. The molecule has 2 atom stereocenters. The molecule has 0 radical (unpaired) electrons. The van der Waals surface area contributed by atoms with Crippen molar-refractivity contribution in [1.29, 1.82) is 0 Å². The van der Waals surface area contributed by atoms with Crippen molar-refractivity contribution < 1.29 is 23.8 Å². The molecule has 2 saturated heterocycles. The Morgan fingerprint density at radius 1 is 1.41 bits per heavy atom. The zero-order chi connectivity index (χ0) is 20.3. The van der Waals surface area contributed by atoms with E-state index in [0.717, 1.165) is 32.0 Å². The van der Waals surface area contributed by atoms with Gasteiger partial charge in [0.05, 0.1) is 11.6 Å². The van der Waals surface area contributed by atoms with Crippen molar-refractivity contribution in [3.63, 3.8) is 0 Å². The van der Waals surface area contributed by atoms with E-state index in [9.17, 15) is 9.59 Å². The number of carboxylic acid groups (broad SMARTS) is 1. The Bertz CT molecular complexity index is 1060. The molecule has 1 aromatic carbocycles. The molecule has 2 aromatic rings. The summed E-state index contributed by atoms with van der Waals surface area (Å²) in [6, 6.07) is 1.46. The van der Waals surface area contributed by atoms with Gasteiger partial charge in [-0.1, -0.05) is 0 Å². The number of piperidine rings is 1. The average molecular weight is 404 g/mol. The molecule has 154 valence electrons. The van der Waals surface area contributed by atoms with E-state index in [4.69, 9.17) is 9.84 Å². The number of ether oxygens (including phenoxy) is 2. The number of pyridine rings is 1. The lowest BCUT2D eigenvalue weighted by Crippen LogP contribution is -2.41. The van der Waals surface area contributed by atoms with Crippen molar-refractivity contribution >= 4 is 22.7 Å². The number of rotatable bonds is 2. The highest BCUT2D eigenvalue weighted by atomic mass is 19.1. The second-order valence-corrected chi connectivity index (χ2v) is 7.77. The zero-order valence-electron chi connectivity index (χ0n) is 15.9. The van der Waals surface area contributed by atoms with Gasteiger partial charge in [-0.05, 0) is 31.4 Å². The van der Waals surface area contributed by atoms with Crippen molar-refractivity contribution in [3.8, 4) is 11.5 Å². The van der Waals surface area contributed by atoms with Crippen LogP contribution in [0.15, 0.2) is 17.1 Å². The highest BCUT2D eigenvalue weighted by Crippen LogP contribution is 2.42. The Morgan fingerprint density at radius 2 is 2.24 bits per heavy atom. The maximum absolute atomic E-state index is 15.3. The quantitative estimate of drug-likeness (QED) is 0.724. The van der Waals surface area contributed by atoms with Crippen LogP contribution in [0.4, 0.5) is 14.9 Å². The van der Waals surface area contributed by atoms with Gasteiger partial charge in [0.15, 0.2) is 18.3 Å². The van der Waals surface area contributed by atoms with Crippen LogP contribution in [0.3, 0.4) is 0 Å². The van der Waals surface area contributed by atoms with Crippen LogP contribution in [-0.2, 0) is 0 Å². The fourth-order valence-corrected chi connectivity index (χ4v) is 4.69. The third-order valence-corrected chi connectivity index (χ3v) is 6.00. The number of hydrogen-bond donors (Lipinski definition) is 2. The van der Waals surface area contributed by atoms with E-state index < -0.39 is 17.4 Å². The SMILES string of the molecule is CN1COc2c(N3CC4CCCNC4C3)c(F)cc3c(=O)c(OC(=O)O)cn1c23. The molecule has 2 unspecified atom stereocenters. The summed E-state index contributed by atoms with van der Waals surface area (Å²) in [5.74, 6) is -0.193. The Hall–Kier alpha value is -3.01. The van der Waals surface area contributed by atoms with E-state index >= 15 is 4.39 Å². The molecule has 5 rings (SSSR count). The van der Waals surface area contributed by atoms with Gasteiger partial charge in [-0.3, -0.25) is 14.5 Å². The summed E-state index contributed by atoms with van der Waals surface area (Å²) < 4.78 is 27.3.